The van der Waals surface area contributed by atoms with Crippen LogP contribution in [0.5, 0.6) is 0 Å². The number of nitrogens with two attached hydrogens (primary N) is 1. The maximum absolute atomic E-state index is 10.2. The van der Waals surface area contributed by atoms with E-state index in [0.717, 1.165) is 0 Å². The van der Waals surface area contributed by atoms with Gasteiger partial charge in [0.2, 0.25) is 0 Å². The number of hydrogen-bond acceptors (Lipinski definition) is 4. The van der Waals surface area contributed by atoms with E-state index in [1.165, 1.54) is 49.7 Å². The Balaban J connectivity index is 0.000000160. The minimum atomic E-state index is -0.381. The first-order valence-electron chi connectivity index (χ1n) is 7.05. The van der Waals surface area contributed by atoms with Gasteiger partial charge in [-0.2, -0.15) is 4.98 Å². The molecule has 0 spiro atoms. The number of hydrogen-bond donors (Lipinski definition) is 1. The highest BCUT2D eigenvalue weighted by atomic mass is 16.3. The molecule has 0 atom stereocenters. The lowest BCUT2D eigenvalue weighted by molar-refractivity contribution is 0.548. The van der Waals surface area contributed by atoms with Crippen LogP contribution in [0.1, 0.15) is 38.2 Å². The molecule has 0 aliphatic heterocycles. The molecule has 0 fully saturated rings. The molecule has 0 saturated heterocycles. The van der Waals surface area contributed by atoms with Crippen LogP contribution in [-0.2, 0) is 6.42 Å². The average molecular weight is 272 g/mol. The molecule has 4 heteroatoms. The fourth-order valence-electron chi connectivity index (χ4n) is 2.15. The third-order valence-corrected chi connectivity index (χ3v) is 3.34. The van der Waals surface area contributed by atoms with Crippen LogP contribution in [0.2, 0.25) is 0 Å². The Hall–Kier alpha value is -2.10. The molecule has 1 aromatic rings. The average Bonchev–Trinajstić information content (AvgIpc) is 2.39. The smallest absolute Gasteiger partial charge is 0.295 e. The van der Waals surface area contributed by atoms with Gasteiger partial charge < -0.3 is 10.2 Å². The summed E-state index contributed by atoms with van der Waals surface area (Å²) in [6.07, 6.45) is 8.03. The topological polar surface area (TPSA) is 69.1 Å². The van der Waals surface area contributed by atoms with E-state index in [0.29, 0.717) is 0 Å². The highest BCUT2D eigenvalue weighted by molar-refractivity contribution is 5.33. The molecular weight excluding hydrogens is 252 g/mol. The molecule has 0 radical (unpaired) electrons. The van der Waals surface area contributed by atoms with Gasteiger partial charge >= 0.3 is 0 Å². The number of aromatic nitrogens is 1. The van der Waals surface area contributed by atoms with Gasteiger partial charge in [0.25, 0.3) is 11.6 Å². The number of nitrogens with zero attached hydrogens (tertiary/aromatic N) is 1. The van der Waals surface area contributed by atoms with Crippen molar-refractivity contribution in [2.75, 3.05) is 5.73 Å². The van der Waals surface area contributed by atoms with Gasteiger partial charge in [-0.3, -0.25) is 4.79 Å². The highest BCUT2D eigenvalue weighted by Gasteiger charge is 2.04. The second-order valence-corrected chi connectivity index (χ2v) is 4.89. The minimum absolute atomic E-state index is 0.0995. The Kier molecular flexibility index (Phi) is 4.93. The molecule has 1 aromatic heterocycles. The van der Waals surface area contributed by atoms with Gasteiger partial charge in [0.15, 0.2) is 0 Å². The molecule has 106 valence electrons. The van der Waals surface area contributed by atoms with Gasteiger partial charge in [-0.15, -0.1) is 0 Å². The third-order valence-electron chi connectivity index (χ3n) is 3.34. The maximum atomic E-state index is 10.2. The zero-order valence-electron chi connectivity index (χ0n) is 11.8. The highest BCUT2D eigenvalue weighted by Crippen LogP contribution is 2.18. The largest absolute Gasteiger partial charge is 0.434 e. The minimum Gasteiger partial charge on any atom is -0.434 e. The summed E-state index contributed by atoms with van der Waals surface area (Å²) in [6, 6.07) is 7.87. The molecule has 2 N–H and O–H groups in total. The second kappa shape index (κ2) is 6.89. The van der Waals surface area contributed by atoms with E-state index in [9.17, 15) is 4.79 Å². The molecule has 0 saturated carbocycles. The van der Waals surface area contributed by atoms with Crippen molar-refractivity contribution in [2.24, 2.45) is 0 Å². The Morgan fingerprint density at radius 3 is 2.50 bits per heavy atom. The first kappa shape index (κ1) is 14.3. The van der Waals surface area contributed by atoms with Crippen LogP contribution in [0.4, 0.5) is 6.01 Å². The number of anilines is 1. The summed E-state index contributed by atoms with van der Waals surface area (Å²) in [5.41, 5.74) is 6.20. The Bertz CT molecular complexity index is 707. The van der Waals surface area contributed by atoms with Crippen LogP contribution in [0.25, 0.3) is 0 Å². The second-order valence-electron chi connectivity index (χ2n) is 4.89. The normalized spacial score (nSPS) is 10.7. The molecule has 2 aliphatic carbocycles. The van der Waals surface area contributed by atoms with Crippen molar-refractivity contribution in [3.8, 4) is 0 Å². The summed E-state index contributed by atoms with van der Waals surface area (Å²) < 4.78 is 4.47. The van der Waals surface area contributed by atoms with Crippen molar-refractivity contribution >= 4 is 6.01 Å². The van der Waals surface area contributed by atoms with Crippen LogP contribution in [0.3, 0.4) is 0 Å². The van der Waals surface area contributed by atoms with Crippen LogP contribution in [-0.4, -0.2) is 4.98 Å². The van der Waals surface area contributed by atoms with Crippen LogP contribution in [0, 0.1) is 10.4 Å². The first-order chi connectivity index (χ1) is 9.70. The van der Waals surface area contributed by atoms with E-state index in [4.69, 9.17) is 5.73 Å². The molecular formula is C16H20N2O2. The number of benzene rings is 1. The quantitative estimate of drug-likeness (QED) is 0.725. The summed E-state index contributed by atoms with van der Waals surface area (Å²) >= 11 is 0. The number of nitrogen functional groups attached to an aromatic ring is 1. The summed E-state index contributed by atoms with van der Waals surface area (Å²) in [7, 11) is 0. The van der Waals surface area contributed by atoms with E-state index in [1.807, 2.05) is 0 Å². The molecule has 0 aromatic carbocycles. The predicted octanol–water partition coefficient (Wildman–Crippen LogP) is 3.03. The molecule has 20 heavy (non-hydrogen) atoms. The van der Waals surface area contributed by atoms with Crippen LogP contribution in [0.15, 0.2) is 39.7 Å². The fraction of sp³-hybridized carbons (Fsp3) is 0.375. The van der Waals surface area contributed by atoms with Crippen molar-refractivity contribution in [3.05, 3.63) is 56.9 Å². The van der Waals surface area contributed by atoms with E-state index in [2.05, 4.69) is 34.5 Å². The molecule has 0 bridgehead atoms. The van der Waals surface area contributed by atoms with Crippen molar-refractivity contribution in [1.29, 1.82) is 0 Å². The number of unbranched alkanes of at least 4 members (excludes halogenated alkanes) is 3. The predicted molar refractivity (Wildman–Crippen MR) is 79.1 cm³/mol. The maximum Gasteiger partial charge on any atom is 0.295 e. The summed E-state index contributed by atoms with van der Waals surface area (Å²) in [4.78, 5) is 13.5. The van der Waals surface area contributed by atoms with Crippen LogP contribution < -0.4 is 11.3 Å². The lowest BCUT2D eigenvalue weighted by atomic mass is 9.95. The van der Waals surface area contributed by atoms with Gasteiger partial charge in [-0.1, -0.05) is 44.4 Å². The third kappa shape index (κ3) is 3.70. The van der Waals surface area contributed by atoms with Gasteiger partial charge in [-0.25, -0.2) is 0 Å². The molecule has 1 heterocycles. The van der Waals surface area contributed by atoms with E-state index in [1.54, 1.807) is 10.8 Å². The van der Waals surface area contributed by atoms with Crippen molar-refractivity contribution < 1.29 is 4.42 Å². The van der Waals surface area contributed by atoms with Gasteiger partial charge in [-0.05, 0) is 28.8 Å². The Labute approximate surface area is 118 Å². The van der Waals surface area contributed by atoms with Crippen molar-refractivity contribution in [2.45, 2.75) is 39.0 Å². The molecule has 3 rings (SSSR count). The molecule has 4 nitrogen and oxygen atoms in total. The first-order valence-corrected chi connectivity index (χ1v) is 7.05. The van der Waals surface area contributed by atoms with E-state index >= 15 is 0 Å². The van der Waals surface area contributed by atoms with Gasteiger partial charge in [0.1, 0.15) is 6.26 Å². The number of aryl methyl sites for hydroxylation is 1. The fourth-order valence-corrected chi connectivity index (χ4v) is 2.15. The Morgan fingerprint density at radius 1 is 1.20 bits per heavy atom. The van der Waals surface area contributed by atoms with Crippen molar-refractivity contribution in [3.63, 3.8) is 0 Å². The SMILES string of the molecule is CCCCCCc1cc2ccc1=2.Nc1nc(=O)cco1. The summed E-state index contributed by atoms with van der Waals surface area (Å²) in [5, 5.41) is 3.03. The van der Waals surface area contributed by atoms with E-state index < -0.39 is 0 Å². The zero-order chi connectivity index (χ0) is 14.4. The van der Waals surface area contributed by atoms with Crippen LogP contribution >= 0.6 is 0 Å². The standard InChI is InChI=1S/C12H16.C4H4N2O2/c1-2-3-4-5-6-10-9-11-7-8-12(10)11;5-4-6-3(7)1-2-8-4/h7-9H,2-6H2,1H3;1-2H,(H2,5,6,7). The lowest BCUT2D eigenvalue weighted by Crippen LogP contribution is -2.04. The van der Waals surface area contributed by atoms with Gasteiger partial charge in [0, 0.05) is 6.07 Å². The molecule has 0 unspecified atom stereocenters. The van der Waals surface area contributed by atoms with E-state index in [-0.39, 0.29) is 11.6 Å². The Morgan fingerprint density at radius 2 is 2.05 bits per heavy atom. The monoisotopic (exact) mass is 272 g/mol. The lowest BCUT2D eigenvalue weighted by Gasteiger charge is -2.10. The van der Waals surface area contributed by atoms with Crippen molar-refractivity contribution in [1.82, 2.24) is 4.98 Å². The molecule has 0 amide bonds. The summed E-state index contributed by atoms with van der Waals surface area (Å²) in [5.74, 6) is 0. The molecule has 2 aliphatic rings. The summed E-state index contributed by atoms with van der Waals surface area (Å²) in [6.45, 7) is 2.26. The number of rotatable bonds is 5. The zero-order valence-corrected chi connectivity index (χ0v) is 11.8. The van der Waals surface area contributed by atoms with Gasteiger partial charge in [0.05, 0.1) is 0 Å².